The van der Waals surface area contributed by atoms with E-state index < -0.39 is 0 Å². The van der Waals surface area contributed by atoms with Gasteiger partial charge in [0.15, 0.2) is 0 Å². The molecule has 1 aromatic rings. The molecule has 3 aliphatic heterocycles. The van der Waals surface area contributed by atoms with Crippen LogP contribution in [-0.2, 0) is 27.2 Å². The largest absolute Gasteiger partial charge is 0.493 e. The zero-order valence-electron chi connectivity index (χ0n) is 16.9. The van der Waals surface area contributed by atoms with Gasteiger partial charge in [-0.2, -0.15) is 0 Å². The van der Waals surface area contributed by atoms with Crippen LogP contribution in [0.3, 0.4) is 0 Å². The Kier molecular flexibility index (Phi) is 5.05. The number of aryl methyl sites for hydroxylation is 1. The lowest BCUT2D eigenvalue weighted by atomic mass is 9.89. The maximum atomic E-state index is 12.7. The van der Waals surface area contributed by atoms with Crippen molar-refractivity contribution in [2.45, 2.75) is 30.9 Å². The van der Waals surface area contributed by atoms with Crippen molar-refractivity contribution in [1.82, 2.24) is 14.7 Å². The number of hydrogen-bond donors (Lipinski definition) is 0. The van der Waals surface area contributed by atoms with Crippen LogP contribution in [-0.4, -0.2) is 92.1 Å². The number of morpholine rings is 1. The molecule has 2 amide bonds. The van der Waals surface area contributed by atoms with Crippen molar-refractivity contribution in [1.29, 1.82) is 0 Å². The van der Waals surface area contributed by atoms with Gasteiger partial charge in [0.25, 0.3) is 0 Å². The van der Waals surface area contributed by atoms with Crippen molar-refractivity contribution in [3.8, 4) is 5.75 Å². The summed E-state index contributed by atoms with van der Waals surface area (Å²) in [5.74, 6) is 1.13. The van der Waals surface area contributed by atoms with Crippen molar-refractivity contribution in [3.05, 3.63) is 29.3 Å². The number of carbonyl (C=O) groups is 2. The molecular formula is C21H29N3O4. The lowest BCUT2D eigenvalue weighted by molar-refractivity contribution is -0.202. The van der Waals surface area contributed by atoms with E-state index in [1.54, 1.807) is 19.0 Å². The molecule has 1 spiro atoms. The standard InChI is InChI=1S/C21H29N3O4/c1-22(2)20(26)17-11-28-21(12-23(17)3)13-24(14-21)19(25)10-15-6-7-18-16(9-15)5-4-8-27-18/h6-7,9,17H,4-5,8,10-14H2,1-3H3/t17-/m0/s1. The minimum Gasteiger partial charge on any atom is -0.493 e. The zero-order valence-corrected chi connectivity index (χ0v) is 16.9. The van der Waals surface area contributed by atoms with E-state index in [0.717, 1.165) is 30.8 Å². The van der Waals surface area contributed by atoms with Gasteiger partial charge in [-0.3, -0.25) is 14.5 Å². The predicted molar refractivity (Wildman–Crippen MR) is 104 cm³/mol. The van der Waals surface area contributed by atoms with E-state index in [2.05, 4.69) is 11.0 Å². The molecule has 0 bridgehead atoms. The lowest BCUT2D eigenvalue weighted by Crippen LogP contribution is -2.73. The summed E-state index contributed by atoms with van der Waals surface area (Å²) in [6.07, 6.45) is 2.44. The van der Waals surface area contributed by atoms with Gasteiger partial charge in [-0.15, -0.1) is 0 Å². The third kappa shape index (κ3) is 3.61. The SMILES string of the molecule is CN(C)C(=O)[C@@H]1COC2(CN(C(=O)Cc3ccc4c(c3)CCCO4)C2)CN1C. The molecule has 1 atom stereocenters. The minimum absolute atomic E-state index is 0.0565. The smallest absolute Gasteiger partial charge is 0.241 e. The van der Waals surface area contributed by atoms with Gasteiger partial charge in [-0.05, 0) is 37.1 Å². The number of hydrogen-bond acceptors (Lipinski definition) is 5. The number of amides is 2. The van der Waals surface area contributed by atoms with Crippen molar-refractivity contribution >= 4 is 11.8 Å². The number of rotatable bonds is 3. The highest BCUT2D eigenvalue weighted by molar-refractivity contribution is 5.82. The molecule has 1 aromatic carbocycles. The Balaban J connectivity index is 1.31. The molecule has 4 rings (SSSR count). The Morgan fingerprint density at radius 2 is 2.04 bits per heavy atom. The molecule has 0 aliphatic carbocycles. The third-order valence-corrected chi connectivity index (χ3v) is 5.98. The van der Waals surface area contributed by atoms with Gasteiger partial charge in [0.1, 0.15) is 17.4 Å². The number of ether oxygens (including phenoxy) is 2. The Labute approximate surface area is 166 Å². The first-order valence-electron chi connectivity index (χ1n) is 9.95. The number of fused-ring (bicyclic) bond motifs is 1. The maximum absolute atomic E-state index is 12.7. The Morgan fingerprint density at radius 3 is 2.75 bits per heavy atom. The van der Waals surface area contributed by atoms with Gasteiger partial charge in [-0.1, -0.05) is 12.1 Å². The summed E-state index contributed by atoms with van der Waals surface area (Å²) in [5, 5.41) is 0. The number of likely N-dealkylation sites (tertiary alicyclic amines) is 1. The molecule has 0 N–H and O–H groups in total. The molecule has 0 aromatic heterocycles. The summed E-state index contributed by atoms with van der Waals surface area (Å²) < 4.78 is 11.7. The number of likely N-dealkylation sites (N-methyl/N-ethyl adjacent to an activating group) is 2. The van der Waals surface area contributed by atoms with Crippen molar-refractivity contribution in [2.24, 2.45) is 0 Å². The Morgan fingerprint density at radius 1 is 1.25 bits per heavy atom. The van der Waals surface area contributed by atoms with Crippen LogP contribution in [0.4, 0.5) is 0 Å². The van der Waals surface area contributed by atoms with Crippen LogP contribution in [0.15, 0.2) is 18.2 Å². The fourth-order valence-corrected chi connectivity index (χ4v) is 4.38. The highest BCUT2D eigenvalue weighted by Gasteiger charge is 2.51. The van der Waals surface area contributed by atoms with Crippen LogP contribution in [0.2, 0.25) is 0 Å². The van der Waals surface area contributed by atoms with Crippen LogP contribution in [0.1, 0.15) is 17.5 Å². The summed E-state index contributed by atoms with van der Waals surface area (Å²) in [5.41, 5.74) is 1.90. The highest BCUT2D eigenvalue weighted by atomic mass is 16.5. The van der Waals surface area contributed by atoms with E-state index in [0.29, 0.717) is 32.7 Å². The maximum Gasteiger partial charge on any atom is 0.241 e. The van der Waals surface area contributed by atoms with Crippen LogP contribution in [0.25, 0.3) is 0 Å². The van der Waals surface area contributed by atoms with Crippen LogP contribution >= 0.6 is 0 Å². The highest BCUT2D eigenvalue weighted by Crippen LogP contribution is 2.32. The lowest BCUT2D eigenvalue weighted by Gasteiger charge is -2.55. The molecule has 0 unspecified atom stereocenters. The van der Waals surface area contributed by atoms with Gasteiger partial charge in [0.05, 0.1) is 32.7 Å². The van der Waals surface area contributed by atoms with Gasteiger partial charge in [-0.25, -0.2) is 0 Å². The summed E-state index contributed by atoms with van der Waals surface area (Å²) in [6, 6.07) is 5.82. The van der Waals surface area contributed by atoms with Crippen LogP contribution in [0, 0.1) is 0 Å². The second kappa shape index (κ2) is 7.37. The van der Waals surface area contributed by atoms with E-state index in [1.165, 1.54) is 5.56 Å². The molecule has 2 fully saturated rings. The summed E-state index contributed by atoms with van der Waals surface area (Å²) >= 11 is 0. The van der Waals surface area contributed by atoms with Gasteiger partial charge < -0.3 is 19.3 Å². The Hall–Kier alpha value is -2.12. The van der Waals surface area contributed by atoms with Crippen molar-refractivity contribution < 1.29 is 19.1 Å². The van der Waals surface area contributed by atoms with E-state index in [1.807, 2.05) is 24.1 Å². The summed E-state index contributed by atoms with van der Waals surface area (Å²) in [4.78, 5) is 30.4. The summed E-state index contributed by atoms with van der Waals surface area (Å²) in [6.45, 7) is 2.99. The second-order valence-electron chi connectivity index (χ2n) is 8.48. The second-order valence-corrected chi connectivity index (χ2v) is 8.48. The van der Waals surface area contributed by atoms with E-state index in [4.69, 9.17) is 9.47 Å². The van der Waals surface area contributed by atoms with Gasteiger partial charge in [0, 0.05) is 20.6 Å². The van der Waals surface area contributed by atoms with Gasteiger partial charge >= 0.3 is 0 Å². The first-order chi connectivity index (χ1) is 13.4. The third-order valence-electron chi connectivity index (χ3n) is 5.98. The Bertz CT molecular complexity index is 773. The number of benzene rings is 1. The summed E-state index contributed by atoms with van der Waals surface area (Å²) in [7, 11) is 5.48. The van der Waals surface area contributed by atoms with E-state index in [9.17, 15) is 9.59 Å². The molecule has 7 nitrogen and oxygen atoms in total. The average molecular weight is 387 g/mol. The zero-order chi connectivity index (χ0) is 19.9. The molecule has 0 radical (unpaired) electrons. The van der Waals surface area contributed by atoms with Crippen molar-refractivity contribution in [3.63, 3.8) is 0 Å². The number of carbonyl (C=O) groups excluding carboxylic acids is 2. The van der Waals surface area contributed by atoms with E-state index in [-0.39, 0.29) is 23.5 Å². The first-order valence-corrected chi connectivity index (χ1v) is 9.95. The molecule has 152 valence electrons. The molecule has 3 heterocycles. The normalized spacial score (nSPS) is 23.5. The van der Waals surface area contributed by atoms with Gasteiger partial charge in [0.2, 0.25) is 11.8 Å². The molecule has 7 heteroatoms. The molecule has 28 heavy (non-hydrogen) atoms. The van der Waals surface area contributed by atoms with Crippen LogP contribution < -0.4 is 4.74 Å². The van der Waals surface area contributed by atoms with Crippen molar-refractivity contribution in [2.75, 3.05) is 54.0 Å². The molecule has 2 saturated heterocycles. The van der Waals surface area contributed by atoms with E-state index >= 15 is 0 Å². The fraction of sp³-hybridized carbons (Fsp3) is 0.619. The predicted octanol–water partition coefficient (Wildman–Crippen LogP) is 0.554. The molecule has 0 saturated carbocycles. The quantitative estimate of drug-likeness (QED) is 0.758. The first kappa shape index (κ1) is 19.2. The average Bonchev–Trinajstić information content (AvgIpc) is 2.65. The molecule has 3 aliphatic rings. The monoisotopic (exact) mass is 387 g/mol. The van der Waals surface area contributed by atoms with Crippen LogP contribution in [0.5, 0.6) is 5.75 Å². The number of nitrogens with zero attached hydrogens (tertiary/aromatic N) is 3. The minimum atomic E-state index is -0.336. The fourth-order valence-electron chi connectivity index (χ4n) is 4.38. The molecular weight excluding hydrogens is 358 g/mol. The topological polar surface area (TPSA) is 62.3 Å².